The van der Waals surface area contributed by atoms with Crippen LogP contribution in [0.5, 0.6) is 0 Å². The fourth-order valence-corrected chi connectivity index (χ4v) is 2.20. The van der Waals surface area contributed by atoms with Crippen LogP contribution in [0.15, 0.2) is 22.6 Å². The number of hydrogen-bond acceptors (Lipinski definition) is 5. The summed E-state index contributed by atoms with van der Waals surface area (Å²) in [6.45, 7) is 3.71. The van der Waals surface area contributed by atoms with E-state index in [2.05, 4.69) is 17.2 Å². The van der Waals surface area contributed by atoms with E-state index in [1.54, 1.807) is 6.07 Å². The van der Waals surface area contributed by atoms with Crippen LogP contribution >= 0.6 is 0 Å². The molecular formula is C13H17N3O2. The molecule has 1 aromatic heterocycles. The normalized spacial score (nSPS) is 18.9. The fraction of sp³-hybridized carbons (Fsp3) is 0.462. The summed E-state index contributed by atoms with van der Waals surface area (Å²) in [4.78, 5) is 4.42. The lowest BCUT2D eigenvalue weighted by Gasteiger charge is -2.33. The first-order valence-electron chi connectivity index (χ1n) is 6.17. The fourth-order valence-electron chi connectivity index (χ4n) is 2.20. The van der Waals surface area contributed by atoms with Crippen molar-refractivity contribution in [2.24, 2.45) is 0 Å². The minimum absolute atomic E-state index is 0.00926. The zero-order chi connectivity index (χ0) is 12.6. The molecule has 96 valence electrons. The molecule has 1 aliphatic rings. The molecule has 1 fully saturated rings. The molecule has 3 N–H and O–H groups in total. The topological polar surface area (TPSA) is 73.3 Å². The van der Waals surface area contributed by atoms with E-state index in [4.69, 9.17) is 14.9 Å². The van der Waals surface area contributed by atoms with Gasteiger partial charge in [-0.2, -0.15) is 4.98 Å². The Labute approximate surface area is 105 Å². The summed E-state index contributed by atoms with van der Waals surface area (Å²) in [5.74, 6) is 0. The highest BCUT2D eigenvalue weighted by Gasteiger charge is 2.28. The molecule has 0 spiro atoms. The lowest BCUT2D eigenvalue weighted by atomic mass is 9.93. The van der Waals surface area contributed by atoms with Crippen LogP contribution in [0, 0.1) is 0 Å². The predicted molar refractivity (Wildman–Crippen MR) is 70.5 cm³/mol. The number of ether oxygens (including phenoxy) is 1. The van der Waals surface area contributed by atoms with Gasteiger partial charge in [0.25, 0.3) is 6.01 Å². The van der Waals surface area contributed by atoms with Crippen molar-refractivity contribution in [2.75, 3.05) is 24.3 Å². The van der Waals surface area contributed by atoms with E-state index in [9.17, 15) is 0 Å². The van der Waals surface area contributed by atoms with Gasteiger partial charge in [-0.15, -0.1) is 0 Å². The number of rotatable bonds is 2. The van der Waals surface area contributed by atoms with Gasteiger partial charge in [-0.05, 0) is 31.9 Å². The van der Waals surface area contributed by atoms with Crippen molar-refractivity contribution in [3.8, 4) is 0 Å². The first-order valence-corrected chi connectivity index (χ1v) is 6.17. The van der Waals surface area contributed by atoms with Crippen LogP contribution in [-0.4, -0.2) is 23.7 Å². The number of nitrogens with one attached hydrogen (secondary N) is 1. The summed E-state index contributed by atoms with van der Waals surface area (Å²) in [5, 5.41) is 3.37. The number of benzene rings is 1. The minimum Gasteiger partial charge on any atom is -0.423 e. The Bertz CT molecular complexity index is 558. The van der Waals surface area contributed by atoms with E-state index in [0.717, 1.165) is 31.6 Å². The summed E-state index contributed by atoms with van der Waals surface area (Å²) in [5.41, 5.74) is 7.93. The van der Waals surface area contributed by atoms with E-state index in [1.807, 2.05) is 12.1 Å². The molecule has 2 heterocycles. The van der Waals surface area contributed by atoms with Gasteiger partial charge < -0.3 is 20.2 Å². The number of aromatic nitrogens is 1. The van der Waals surface area contributed by atoms with Crippen LogP contribution in [0.25, 0.3) is 11.1 Å². The summed E-state index contributed by atoms with van der Waals surface area (Å²) in [7, 11) is 0. The molecule has 0 atom stereocenters. The van der Waals surface area contributed by atoms with Crippen molar-refractivity contribution in [3.63, 3.8) is 0 Å². The molecule has 2 aromatic rings. The number of hydrogen-bond donors (Lipinski definition) is 2. The van der Waals surface area contributed by atoms with Gasteiger partial charge in [-0.25, -0.2) is 0 Å². The van der Waals surface area contributed by atoms with Gasteiger partial charge in [-0.3, -0.25) is 0 Å². The lowest BCUT2D eigenvalue weighted by Crippen LogP contribution is -2.40. The van der Waals surface area contributed by atoms with E-state index in [-0.39, 0.29) is 5.54 Å². The van der Waals surface area contributed by atoms with E-state index >= 15 is 0 Å². The van der Waals surface area contributed by atoms with Gasteiger partial charge in [-0.1, -0.05) is 0 Å². The van der Waals surface area contributed by atoms with Crippen molar-refractivity contribution in [1.82, 2.24) is 4.98 Å². The van der Waals surface area contributed by atoms with Crippen molar-refractivity contribution in [1.29, 1.82) is 0 Å². The summed E-state index contributed by atoms with van der Waals surface area (Å²) in [6.07, 6.45) is 1.90. The number of oxazole rings is 1. The molecule has 3 rings (SSSR count). The molecule has 5 heteroatoms. The summed E-state index contributed by atoms with van der Waals surface area (Å²) in [6, 6.07) is 6.04. The van der Waals surface area contributed by atoms with Gasteiger partial charge in [0.05, 0.1) is 0 Å². The second-order valence-corrected chi connectivity index (χ2v) is 5.04. The average molecular weight is 247 g/mol. The first-order chi connectivity index (χ1) is 8.65. The van der Waals surface area contributed by atoms with E-state index in [0.29, 0.717) is 17.3 Å². The number of nitrogens with two attached hydrogens (primary N) is 1. The van der Waals surface area contributed by atoms with Gasteiger partial charge in [0.2, 0.25) is 0 Å². The highest BCUT2D eigenvalue weighted by atomic mass is 16.5. The molecule has 1 aliphatic heterocycles. The standard InChI is InChI=1S/C13H17N3O2/c1-13(4-6-17-7-5-13)16-12-15-10-3-2-9(14)8-11(10)18-12/h2-3,8H,4-7,14H2,1H3,(H,15,16). The van der Waals surface area contributed by atoms with Crippen molar-refractivity contribution >= 4 is 22.8 Å². The average Bonchev–Trinajstić information content (AvgIpc) is 2.70. The SMILES string of the molecule is CC1(Nc2nc3ccc(N)cc3o2)CCOCC1. The molecular weight excluding hydrogens is 230 g/mol. The summed E-state index contributed by atoms with van der Waals surface area (Å²) >= 11 is 0. The second kappa shape index (κ2) is 4.17. The molecule has 0 unspecified atom stereocenters. The smallest absolute Gasteiger partial charge is 0.296 e. The molecule has 18 heavy (non-hydrogen) atoms. The summed E-state index contributed by atoms with van der Waals surface area (Å²) < 4.78 is 11.0. The zero-order valence-corrected chi connectivity index (χ0v) is 10.4. The molecule has 1 aromatic carbocycles. The van der Waals surface area contributed by atoms with Crippen LogP contribution < -0.4 is 11.1 Å². The van der Waals surface area contributed by atoms with Crippen molar-refractivity contribution in [2.45, 2.75) is 25.3 Å². The Morgan fingerprint density at radius 2 is 2.11 bits per heavy atom. The molecule has 1 saturated heterocycles. The first kappa shape index (κ1) is 11.3. The van der Waals surface area contributed by atoms with Gasteiger partial charge in [0.1, 0.15) is 5.52 Å². The molecule has 0 aliphatic carbocycles. The molecule has 0 saturated carbocycles. The third-order valence-corrected chi connectivity index (χ3v) is 3.42. The monoisotopic (exact) mass is 247 g/mol. The zero-order valence-electron chi connectivity index (χ0n) is 10.4. The third kappa shape index (κ3) is 2.13. The molecule has 0 bridgehead atoms. The van der Waals surface area contributed by atoms with Crippen LogP contribution in [0.4, 0.5) is 11.7 Å². The second-order valence-electron chi connectivity index (χ2n) is 5.04. The predicted octanol–water partition coefficient (Wildman–Crippen LogP) is 2.39. The number of nitrogen functional groups attached to an aromatic ring is 1. The Morgan fingerprint density at radius 1 is 1.33 bits per heavy atom. The van der Waals surface area contributed by atoms with E-state index in [1.165, 1.54) is 0 Å². The Balaban J connectivity index is 1.86. The van der Waals surface area contributed by atoms with Crippen LogP contribution in [0.1, 0.15) is 19.8 Å². The highest BCUT2D eigenvalue weighted by Crippen LogP contribution is 2.27. The van der Waals surface area contributed by atoms with Crippen LogP contribution in [0.2, 0.25) is 0 Å². The van der Waals surface area contributed by atoms with Crippen molar-refractivity contribution < 1.29 is 9.15 Å². The van der Waals surface area contributed by atoms with Crippen LogP contribution in [-0.2, 0) is 4.74 Å². The third-order valence-electron chi connectivity index (χ3n) is 3.42. The number of anilines is 2. The maximum absolute atomic E-state index is 5.72. The van der Waals surface area contributed by atoms with Gasteiger partial charge in [0, 0.05) is 30.5 Å². The maximum atomic E-state index is 5.72. The Morgan fingerprint density at radius 3 is 2.89 bits per heavy atom. The molecule has 0 amide bonds. The minimum atomic E-state index is -0.00926. The number of fused-ring (bicyclic) bond motifs is 1. The molecule has 5 nitrogen and oxygen atoms in total. The number of nitrogens with zero attached hydrogens (tertiary/aromatic N) is 1. The lowest BCUT2D eigenvalue weighted by molar-refractivity contribution is 0.0651. The Hall–Kier alpha value is -1.75. The highest BCUT2D eigenvalue weighted by molar-refractivity contribution is 5.78. The largest absolute Gasteiger partial charge is 0.423 e. The van der Waals surface area contributed by atoms with Gasteiger partial charge in [0.15, 0.2) is 5.58 Å². The maximum Gasteiger partial charge on any atom is 0.296 e. The molecule has 0 radical (unpaired) electrons. The van der Waals surface area contributed by atoms with Crippen molar-refractivity contribution in [3.05, 3.63) is 18.2 Å². The van der Waals surface area contributed by atoms with Crippen LogP contribution in [0.3, 0.4) is 0 Å². The van der Waals surface area contributed by atoms with E-state index < -0.39 is 0 Å². The Kier molecular flexibility index (Phi) is 2.63. The quantitative estimate of drug-likeness (QED) is 0.797. The van der Waals surface area contributed by atoms with Gasteiger partial charge >= 0.3 is 0 Å².